The minimum absolute atomic E-state index is 0.273. The normalized spacial score (nSPS) is 14.8. The van der Waals surface area contributed by atoms with Crippen LogP contribution in [-0.2, 0) is 6.54 Å². The van der Waals surface area contributed by atoms with E-state index < -0.39 is 0 Å². The van der Waals surface area contributed by atoms with Crippen molar-refractivity contribution < 1.29 is 4.74 Å². The molecule has 3 heterocycles. The predicted molar refractivity (Wildman–Crippen MR) is 133 cm³/mol. The minimum Gasteiger partial charge on any atom is -0.457 e. The highest BCUT2D eigenvalue weighted by molar-refractivity contribution is 6.00. The summed E-state index contributed by atoms with van der Waals surface area (Å²) < 4.78 is 8.46. The molecule has 1 aliphatic heterocycles. The fourth-order valence-corrected chi connectivity index (χ4v) is 4.64. The van der Waals surface area contributed by atoms with Crippen molar-refractivity contribution in [2.75, 3.05) is 18.8 Å². The zero-order valence-electron chi connectivity index (χ0n) is 19.4. The molecule has 4 aromatic rings. The van der Waals surface area contributed by atoms with E-state index in [9.17, 15) is 0 Å². The van der Waals surface area contributed by atoms with Crippen LogP contribution in [0.2, 0.25) is 0 Å². The Balaban J connectivity index is 1.41. The first-order valence-corrected chi connectivity index (χ1v) is 11.8. The number of benzene rings is 2. The number of nitrogen functional groups attached to an aromatic ring is 1. The molecule has 6 heteroatoms. The van der Waals surface area contributed by atoms with Crippen molar-refractivity contribution in [3.8, 4) is 22.6 Å². The van der Waals surface area contributed by atoms with E-state index in [0.717, 1.165) is 40.2 Å². The average molecular weight is 442 g/mol. The van der Waals surface area contributed by atoms with E-state index in [-0.39, 0.29) is 6.04 Å². The van der Waals surface area contributed by atoms with Crippen LogP contribution in [0.25, 0.3) is 22.2 Å². The second-order valence-corrected chi connectivity index (χ2v) is 9.07. The highest BCUT2D eigenvalue weighted by atomic mass is 16.5. The first-order valence-electron chi connectivity index (χ1n) is 11.8. The molecule has 0 amide bonds. The number of aromatic nitrogens is 3. The zero-order chi connectivity index (χ0) is 22.8. The molecule has 1 aliphatic rings. The van der Waals surface area contributed by atoms with Crippen LogP contribution in [0.5, 0.6) is 11.5 Å². The van der Waals surface area contributed by atoms with Crippen LogP contribution in [0.4, 0.5) is 5.82 Å². The van der Waals surface area contributed by atoms with Gasteiger partial charge in [0.15, 0.2) is 0 Å². The van der Waals surface area contributed by atoms with Crippen molar-refractivity contribution >= 4 is 16.9 Å². The fraction of sp³-hybridized carbons (Fsp3) is 0.333. The van der Waals surface area contributed by atoms with Crippen LogP contribution >= 0.6 is 0 Å². The molecule has 170 valence electrons. The van der Waals surface area contributed by atoms with Crippen molar-refractivity contribution in [1.82, 2.24) is 19.4 Å². The number of nitrogens with zero attached hydrogens (tertiary/aromatic N) is 4. The molecular formula is C27H31N5O. The Morgan fingerprint density at radius 1 is 0.970 bits per heavy atom. The number of piperidine rings is 1. The minimum atomic E-state index is 0.273. The lowest BCUT2D eigenvalue weighted by molar-refractivity contribution is 0.219. The number of hydrogen-bond donors (Lipinski definition) is 1. The number of hydrogen-bond acceptors (Lipinski definition) is 5. The van der Waals surface area contributed by atoms with Gasteiger partial charge >= 0.3 is 0 Å². The summed E-state index contributed by atoms with van der Waals surface area (Å²) in [5, 5.41) is 0.895. The van der Waals surface area contributed by atoms with Gasteiger partial charge in [0, 0.05) is 29.9 Å². The molecule has 0 unspecified atom stereocenters. The number of nitrogens with two attached hydrogens (primary N) is 1. The Hall–Kier alpha value is -3.38. The van der Waals surface area contributed by atoms with Crippen LogP contribution in [-0.4, -0.2) is 32.5 Å². The predicted octanol–water partition coefficient (Wildman–Crippen LogP) is 6.04. The van der Waals surface area contributed by atoms with Crippen molar-refractivity contribution in [3.05, 3.63) is 66.6 Å². The second-order valence-electron chi connectivity index (χ2n) is 9.07. The third kappa shape index (κ3) is 4.44. The smallest absolute Gasteiger partial charge is 0.146 e. The summed E-state index contributed by atoms with van der Waals surface area (Å²) >= 11 is 0. The summed E-state index contributed by atoms with van der Waals surface area (Å²) in [4.78, 5) is 11.2. The van der Waals surface area contributed by atoms with Gasteiger partial charge in [0.25, 0.3) is 0 Å². The molecule has 2 aromatic carbocycles. The maximum absolute atomic E-state index is 6.32. The Morgan fingerprint density at radius 2 is 1.73 bits per heavy atom. The SMILES string of the molecule is CC(C)n1cc(-c2ccc(Oc3ccccc3CN3CCCCC3)cc2)c2c(N)ncnc21. The van der Waals surface area contributed by atoms with Gasteiger partial charge in [0.1, 0.15) is 29.3 Å². The van der Waals surface area contributed by atoms with Gasteiger partial charge < -0.3 is 15.0 Å². The van der Waals surface area contributed by atoms with Gasteiger partial charge in [-0.1, -0.05) is 36.8 Å². The molecule has 0 saturated carbocycles. The first-order chi connectivity index (χ1) is 16.1. The highest BCUT2D eigenvalue weighted by Crippen LogP contribution is 2.35. The van der Waals surface area contributed by atoms with Crippen molar-refractivity contribution in [1.29, 1.82) is 0 Å². The summed E-state index contributed by atoms with van der Waals surface area (Å²) in [6.45, 7) is 7.54. The summed E-state index contributed by atoms with van der Waals surface area (Å²) in [5.74, 6) is 2.24. The molecule has 0 spiro atoms. The van der Waals surface area contributed by atoms with Crippen LogP contribution < -0.4 is 10.5 Å². The van der Waals surface area contributed by atoms with Gasteiger partial charge in [0.2, 0.25) is 0 Å². The lowest BCUT2D eigenvalue weighted by Gasteiger charge is -2.27. The van der Waals surface area contributed by atoms with E-state index in [2.05, 4.69) is 69.8 Å². The summed E-state index contributed by atoms with van der Waals surface area (Å²) in [6.07, 6.45) is 7.55. The van der Waals surface area contributed by atoms with E-state index in [1.54, 1.807) is 0 Å². The zero-order valence-corrected chi connectivity index (χ0v) is 19.4. The number of ether oxygens (including phenoxy) is 1. The number of rotatable bonds is 6. The van der Waals surface area contributed by atoms with Gasteiger partial charge in [-0.25, -0.2) is 9.97 Å². The van der Waals surface area contributed by atoms with E-state index >= 15 is 0 Å². The molecule has 0 aliphatic carbocycles. The fourth-order valence-electron chi connectivity index (χ4n) is 4.64. The molecule has 0 atom stereocenters. The van der Waals surface area contributed by atoms with E-state index in [0.29, 0.717) is 5.82 Å². The maximum Gasteiger partial charge on any atom is 0.146 e. The van der Waals surface area contributed by atoms with Gasteiger partial charge in [-0.15, -0.1) is 0 Å². The highest BCUT2D eigenvalue weighted by Gasteiger charge is 2.17. The number of anilines is 1. The molecule has 1 saturated heterocycles. The molecule has 33 heavy (non-hydrogen) atoms. The molecule has 2 aromatic heterocycles. The van der Waals surface area contributed by atoms with Gasteiger partial charge in [-0.05, 0) is 63.5 Å². The quantitative estimate of drug-likeness (QED) is 0.395. The molecule has 6 nitrogen and oxygen atoms in total. The Bertz CT molecular complexity index is 1240. The van der Waals surface area contributed by atoms with Crippen molar-refractivity contribution in [3.63, 3.8) is 0 Å². The maximum atomic E-state index is 6.32. The van der Waals surface area contributed by atoms with E-state index in [1.165, 1.54) is 44.2 Å². The largest absolute Gasteiger partial charge is 0.457 e. The average Bonchev–Trinajstić information content (AvgIpc) is 3.23. The van der Waals surface area contributed by atoms with Gasteiger partial charge in [-0.2, -0.15) is 0 Å². The Morgan fingerprint density at radius 3 is 2.48 bits per heavy atom. The lowest BCUT2D eigenvalue weighted by atomic mass is 10.1. The topological polar surface area (TPSA) is 69.2 Å². The van der Waals surface area contributed by atoms with E-state index in [4.69, 9.17) is 10.5 Å². The monoisotopic (exact) mass is 441 g/mol. The van der Waals surface area contributed by atoms with Crippen molar-refractivity contribution in [2.24, 2.45) is 0 Å². The van der Waals surface area contributed by atoms with Crippen molar-refractivity contribution in [2.45, 2.75) is 45.7 Å². The van der Waals surface area contributed by atoms with Crippen LogP contribution in [0, 0.1) is 0 Å². The second kappa shape index (κ2) is 9.24. The molecule has 5 rings (SSSR count). The summed E-state index contributed by atoms with van der Waals surface area (Å²) in [7, 11) is 0. The number of fused-ring (bicyclic) bond motifs is 1. The third-order valence-corrected chi connectivity index (χ3v) is 6.40. The number of para-hydroxylation sites is 1. The van der Waals surface area contributed by atoms with Gasteiger partial charge in [-0.3, -0.25) is 4.90 Å². The van der Waals surface area contributed by atoms with Crippen LogP contribution in [0.15, 0.2) is 61.1 Å². The van der Waals surface area contributed by atoms with Crippen LogP contribution in [0.3, 0.4) is 0 Å². The molecular weight excluding hydrogens is 410 g/mol. The first kappa shape index (κ1) is 21.5. The molecule has 0 bridgehead atoms. The van der Waals surface area contributed by atoms with E-state index in [1.807, 2.05) is 18.2 Å². The number of likely N-dealkylation sites (tertiary alicyclic amines) is 1. The lowest BCUT2D eigenvalue weighted by Crippen LogP contribution is -2.29. The Kier molecular flexibility index (Phi) is 6.01. The van der Waals surface area contributed by atoms with Gasteiger partial charge in [0.05, 0.1) is 5.39 Å². The third-order valence-electron chi connectivity index (χ3n) is 6.40. The standard InChI is InChI=1S/C27H31N5O/c1-19(2)32-17-23(25-26(28)29-18-30-27(25)32)20-10-12-22(13-11-20)33-24-9-5-4-8-21(24)16-31-14-6-3-7-15-31/h4-5,8-13,17-19H,3,6-7,14-16H2,1-2H3,(H2,28,29,30). The summed E-state index contributed by atoms with van der Waals surface area (Å²) in [5.41, 5.74) is 10.4. The van der Waals surface area contributed by atoms with Crippen LogP contribution in [0.1, 0.15) is 44.7 Å². The molecule has 2 N–H and O–H groups in total. The summed E-state index contributed by atoms with van der Waals surface area (Å²) in [6, 6.07) is 16.8. The molecule has 1 fully saturated rings. The Labute approximate surface area is 195 Å². The molecule has 0 radical (unpaired) electrons.